The molecule has 0 N–H and O–H groups in total. The second-order valence-corrected chi connectivity index (χ2v) is 21.1. The van der Waals surface area contributed by atoms with Gasteiger partial charge < -0.3 is 14.5 Å². The van der Waals surface area contributed by atoms with Crippen LogP contribution in [0.5, 0.6) is 11.5 Å². The summed E-state index contributed by atoms with van der Waals surface area (Å²) in [6, 6.07) is 54.8. The molecule has 3 heterocycles. The molecule has 1 aliphatic rings. The first kappa shape index (κ1) is 42.7. The lowest BCUT2D eigenvalue weighted by Gasteiger charge is -2.35. The zero-order valence-corrected chi connectivity index (χ0v) is 39.5. The lowest BCUT2D eigenvalue weighted by Crippen LogP contribution is -2.34. The van der Waals surface area contributed by atoms with Crippen molar-refractivity contribution in [3.63, 3.8) is 0 Å². The van der Waals surface area contributed by atoms with Gasteiger partial charge in [-0.1, -0.05) is 167 Å². The summed E-state index contributed by atoms with van der Waals surface area (Å²) in [6.07, 6.45) is 4.29. The van der Waals surface area contributed by atoms with Crippen molar-refractivity contribution in [1.82, 2.24) is 9.55 Å². The number of hydrogen-bond donors (Lipinski definition) is 0. The van der Waals surface area contributed by atoms with Crippen molar-refractivity contribution in [2.45, 2.75) is 97.8 Å². The van der Waals surface area contributed by atoms with Crippen molar-refractivity contribution in [2.24, 2.45) is 0 Å². The molecule has 5 heteroatoms. The van der Waals surface area contributed by atoms with Crippen LogP contribution in [0.2, 0.25) is 0 Å². The highest BCUT2D eigenvalue weighted by Gasteiger charge is 2.36. The maximum Gasteiger partial charge on any atom is 0.137 e. The third kappa shape index (κ3) is 8.09. The van der Waals surface area contributed by atoms with Crippen LogP contribution in [-0.4, -0.2) is 16.2 Å². The Bertz CT molecular complexity index is 3030. The first-order valence-electron chi connectivity index (χ1n) is 22.7. The molecule has 1 aliphatic heterocycles. The Labute approximate surface area is 380 Å². The molecule has 0 saturated carbocycles. The van der Waals surface area contributed by atoms with Crippen molar-refractivity contribution in [1.29, 1.82) is 0 Å². The van der Waals surface area contributed by atoms with Gasteiger partial charge in [-0.3, -0.25) is 4.57 Å². The van der Waals surface area contributed by atoms with E-state index in [0.29, 0.717) is 6.67 Å². The Morgan fingerprint density at radius 3 is 1.89 bits per heavy atom. The average molecular weight is 843 g/mol. The Morgan fingerprint density at radius 1 is 0.500 bits per heavy atom. The van der Waals surface area contributed by atoms with Gasteiger partial charge in [0.25, 0.3) is 0 Å². The summed E-state index contributed by atoms with van der Waals surface area (Å²) in [5.74, 6) is 2.48. The number of fused-ring (bicyclic) bond motifs is 3. The van der Waals surface area contributed by atoms with Crippen LogP contribution in [0, 0.1) is 0 Å². The number of rotatable bonds is 8. The Balaban J connectivity index is 1.14. The molecule has 64 heavy (non-hydrogen) atoms. The average Bonchev–Trinajstić information content (AvgIpc) is 3.87. The maximum atomic E-state index is 6.99. The molecule has 6 aromatic carbocycles. The van der Waals surface area contributed by atoms with E-state index in [-0.39, 0.29) is 21.7 Å². The number of allylic oxidation sites excluding steroid dienone is 1. The highest BCUT2D eigenvalue weighted by molar-refractivity contribution is 6.11. The van der Waals surface area contributed by atoms with Gasteiger partial charge in [0.05, 0.1) is 17.7 Å². The molecule has 0 bridgehead atoms. The summed E-state index contributed by atoms with van der Waals surface area (Å²) in [5, 5.41) is 2.44. The van der Waals surface area contributed by atoms with Crippen LogP contribution >= 0.6 is 0 Å². The summed E-state index contributed by atoms with van der Waals surface area (Å²) in [6.45, 7) is 25.9. The molecular weight excluding hydrogens is 781 g/mol. The van der Waals surface area contributed by atoms with E-state index in [9.17, 15) is 0 Å². The first-order chi connectivity index (χ1) is 30.4. The van der Waals surface area contributed by atoms with E-state index in [1.165, 1.54) is 55.5 Å². The molecule has 0 amide bonds. The minimum atomic E-state index is -0.298. The fourth-order valence-electron chi connectivity index (χ4n) is 9.20. The summed E-state index contributed by atoms with van der Waals surface area (Å²) in [5.41, 5.74) is 12.6. The summed E-state index contributed by atoms with van der Waals surface area (Å²) in [7, 11) is 0. The molecule has 9 rings (SSSR count). The molecule has 0 fully saturated rings. The molecule has 5 nitrogen and oxygen atoms in total. The highest BCUT2D eigenvalue weighted by atomic mass is 16.5. The quantitative estimate of drug-likeness (QED) is 0.153. The van der Waals surface area contributed by atoms with Crippen molar-refractivity contribution >= 4 is 33.2 Å². The largest absolute Gasteiger partial charge is 0.457 e. The molecular formula is C59H62N4O. The monoisotopic (exact) mass is 842 g/mol. The summed E-state index contributed by atoms with van der Waals surface area (Å²) in [4.78, 5) is 9.85. The van der Waals surface area contributed by atoms with Gasteiger partial charge in [-0.25, -0.2) is 4.98 Å². The second kappa shape index (κ2) is 15.9. The van der Waals surface area contributed by atoms with Crippen molar-refractivity contribution < 1.29 is 4.74 Å². The first-order valence-corrected chi connectivity index (χ1v) is 22.7. The third-order valence-corrected chi connectivity index (χ3v) is 13.0. The molecule has 0 spiro atoms. The number of anilines is 2. The number of benzene rings is 6. The van der Waals surface area contributed by atoms with Gasteiger partial charge in [-0.05, 0) is 98.2 Å². The molecule has 0 atom stereocenters. The van der Waals surface area contributed by atoms with E-state index >= 15 is 0 Å². The van der Waals surface area contributed by atoms with Crippen molar-refractivity contribution in [2.75, 3.05) is 16.5 Å². The molecule has 0 unspecified atom stereocenters. The Hall–Kier alpha value is -6.59. The predicted octanol–water partition coefficient (Wildman–Crippen LogP) is 15.6. The zero-order valence-electron chi connectivity index (χ0n) is 39.5. The van der Waals surface area contributed by atoms with E-state index in [4.69, 9.17) is 9.72 Å². The molecule has 2 aromatic heterocycles. The summed E-state index contributed by atoms with van der Waals surface area (Å²) < 4.78 is 9.30. The van der Waals surface area contributed by atoms with Gasteiger partial charge in [-0.15, -0.1) is 0 Å². The van der Waals surface area contributed by atoms with Crippen molar-refractivity contribution in [3.05, 3.63) is 192 Å². The van der Waals surface area contributed by atoms with Crippen LogP contribution in [-0.2, 0) is 21.7 Å². The van der Waals surface area contributed by atoms with Crippen molar-refractivity contribution in [3.8, 4) is 28.4 Å². The van der Waals surface area contributed by atoms with Crippen LogP contribution in [0.15, 0.2) is 170 Å². The molecule has 8 aromatic rings. The Kier molecular flexibility index (Phi) is 10.6. The van der Waals surface area contributed by atoms with E-state index in [1.54, 1.807) is 0 Å². The van der Waals surface area contributed by atoms with Crippen LogP contribution in [0.1, 0.15) is 98.4 Å². The third-order valence-electron chi connectivity index (χ3n) is 13.0. The van der Waals surface area contributed by atoms with Crippen LogP contribution in [0.3, 0.4) is 0 Å². The summed E-state index contributed by atoms with van der Waals surface area (Å²) >= 11 is 0. The standard InChI is InChI=1S/C59H62N4O/c1-56(2,3)43-29-30-60-54(34-43)63-51-28-19-18-27-49(51)55-50(58(7,8)9)36-48(37-52(55)63)64-47-26-20-25-45(35-47)61-38-53(59(10,11)42-23-16-13-17-24-42)62(39-61)46-32-41(40-21-14-12-15-22-40)31-44(33-46)57(4,5)6/h12-38H,39H2,1-11H3. The van der Waals surface area contributed by atoms with Crippen LogP contribution in [0.4, 0.5) is 11.4 Å². The molecule has 0 radical (unpaired) electrons. The second-order valence-electron chi connectivity index (χ2n) is 21.1. The topological polar surface area (TPSA) is 33.5 Å². The fourth-order valence-corrected chi connectivity index (χ4v) is 9.20. The number of nitrogens with zero attached hydrogens (tertiary/aromatic N) is 4. The van der Waals surface area contributed by atoms with Gasteiger partial charge in [0.1, 0.15) is 17.3 Å². The lowest BCUT2D eigenvalue weighted by molar-refractivity contribution is 0.480. The molecule has 0 saturated heterocycles. The smallest absolute Gasteiger partial charge is 0.137 e. The Morgan fingerprint density at radius 2 is 1.19 bits per heavy atom. The van der Waals surface area contributed by atoms with E-state index in [1.807, 2.05) is 6.20 Å². The maximum absolute atomic E-state index is 6.99. The van der Waals surface area contributed by atoms with E-state index < -0.39 is 0 Å². The SMILES string of the molecule is CC(C)(C)c1cc(-c2ccccc2)cc(N2CN(c3cccc(Oc4cc(C(C)(C)C)c5c6ccccc6n(-c6cc(C(C)(C)C)ccn6)c5c4)c3)C=C2C(C)(C)c2ccccc2)c1. The minimum Gasteiger partial charge on any atom is -0.457 e. The van der Waals surface area contributed by atoms with E-state index in [0.717, 1.165) is 34.0 Å². The predicted molar refractivity (Wildman–Crippen MR) is 270 cm³/mol. The van der Waals surface area contributed by atoms with Gasteiger partial charge >= 0.3 is 0 Å². The van der Waals surface area contributed by atoms with Crippen LogP contribution < -0.4 is 14.5 Å². The van der Waals surface area contributed by atoms with Gasteiger partial charge in [0.15, 0.2) is 0 Å². The number of pyridine rings is 1. The number of para-hydroxylation sites is 1. The minimum absolute atomic E-state index is 0.0203. The van der Waals surface area contributed by atoms with E-state index in [2.05, 4.69) is 248 Å². The lowest BCUT2D eigenvalue weighted by atomic mass is 9.80. The zero-order chi connectivity index (χ0) is 45.2. The highest BCUT2D eigenvalue weighted by Crippen LogP contribution is 2.45. The van der Waals surface area contributed by atoms with Gasteiger partial charge in [-0.2, -0.15) is 0 Å². The van der Waals surface area contributed by atoms with Gasteiger partial charge in [0.2, 0.25) is 0 Å². The number of ether oxygens (including phenoxy) is 1. The number of aromatic nitrogens is 2. The van der Waals surface area contributed by atoms with Gasteiger partial charge in [0, 0.05) is 57.8 Å². The molecule has 324 valence electrons. The number of hydrogen-bond acceptors (Lipinski definition) is 4. The molecule has 0 aliphatic carbocycles. The fraction of sp³-hybridized carbons (Fsp3) is 0.271. The normalized spacial score (nSPS) is 13.8. The van der Waals surface area contributed by atoms with Crippen LogP contribution in [0.25, 0.3) is 38.8 Å².